The third kappa shape index (κ3) is 26.9. The van der Waals surface area contributed by atoms with Gasteiger partial charge < -0.3 is 28.8 Å². The molecule has 0 saturated carbocycles. The minimum absolute atomic E-state index is 0. The van der Waals surface area contributed by atoms with Crippen molar-refractivity contribution in [2.45, 2.75) is 79.1 Å². The Hall–Kier alpha value is -6.60. The molecule has 2 aliphatic rings. The number of carbonyl (C=O) groups excluding carboxylic acids is 1. The number of carbonyl (C=O) groups is 1. The van der Waals surface area contributed by atoms with E-state index in [-0.39, 0.29) is 119 Å². The van der Waals surface area contributed by atoms with Crippen molar-refractivity contribution in [3.8, 4) is 0 Å². The van der Waals surface area contributed by atoms with Gasteiger partial charge in [0.05, 0.1) is 30.2 Å². The number of aryl methyl sites for hydroxylation is 2. The number of nitrogens with zero attached hydrogens (tertiary/aromatic N) is 3. The second-order valence-corrected chi connectivity index (χ2v) is 31.2. The summed E-state index contributed by atoms with van der Waals surface area (Å²) in [6, 6.07) is 52.5. The number of nitrogens with one attached hydrogen (secondary N) is 1. The summed E-state index contributed by atoms with van der Waals surface area (Å²) >= 11 is 0. The van der Waals surface area contributed by atoms with Gasteiger partial charge in [0, 0.05) is 73.5 Å². The Morgan fingerprint density at radius 3 is 1.26 bits per heavy atom. The van der Waals surface area contributed by atoms with Gasteiger partial charge in [0.15, 0.2) is 5.78 Å². The Morgan fingerprint density at radius 2 is 0.858 bits per heavy atom. The van der Waals surface area contributed by atoms with Crippen molar-refractivity contribution in [3.63, 3.8) is 0 Å². The van der Waals surface area contributed by atoms with E-state index in [1.807, 2.05) is 122 Å². The van der Waals surface area contributed by atoms with Crippen LogP contribution in [0.1, 0.15) is 72.2 Å². The van der Waals surface area contributed by atoms with E-state index >= 15 is 0 Å². The normalized spacial score (nSPS) is 13.2. The van der Waals surface area contributed by atoms with Crippen molar-refractivity contribution in [3.05, 3.63) is 297 Å². The molecule has 0 fully saturated rings. The summed E-state index contributed by atoms with van der Waals surface area (Å²) in [5.41, 5.74) is 10.6. The number of allylic oxidation sites excluding steroid dienone is 9. The van der Waals surface area contributed by atoms with E-state index in [1.54, 1.807) is 92.7 Å². The Labute approximate surface area is 686 Å². The molecule has 0 radical (unpaired) electrons. The van der Waals surface area contributed by atoms with Gasteiger partial charge in [-0.05, 0) is 213 Å². The van der Waals surface area contributed by atoms with Crippen LogP contribution in [0.5, 0.6) is 0 Å². The van der Waals surface area contributed by atoms with Crippen LogP contribution < -0.4 is 104 Å². The van der Waals surface area contributed by atoms with Gasteiger partial charge in [-0.2, -0.15) is 25.3 Å². The van der Waals surface area contributed by atoms with Gasteiger partial charge in [-0.15, -0.1) is 0 Å². The Morgan fingerprint density at radius 1 is 0.443 bits per heavy atom. The number of hydrogen-bond donors (Lipinski definition) is 4. The summed E-state index contributed by atoms with van der Waals surface area (Å²) in [5.74, 6) is -0.586. The zero-order chi connectivity index (χ0) is 75.7. The zero-order valence-electron chi connectivity index (χ0n) is 59.4. The van der Waals surface area contributed by atoms with Crippen LogP contribution in [0.25, 0.3) is 11.1 Å². The van der Waals surface area contributed by atoms with Crippen molar-refractivity contribution in [1.82, 2.24) is 0 Å². The van der Waals surface area contributed by atoms with Crippen LogP contribution in [0, 0.1) is 13.8 Å². The molecule has 0 heterocycles. The van der Waals surface area contributed by atoms with Gasteiger partial charge in [0.25, 0.3) is 30.4 Å². The molecule has 0 spiro atoms. The summed E-state index contributed by atoms with van der Waals surface area (Å²) in [6.45, 7) is 14.6. The Balaban J connectivity index is 0.000000340. The van der Waals surface area contributed by atoms with Crippen LogP contribution in [0.4, 0.5) is 17.1 Å². The maximum atomic E-state index is 12.3. The van der Waals surface area contributed by atoms with Crippen LogP contribution >= 0.6 is 0 Å². The van der Waals surface area contributed by atoms with Crippen LogP contribution in [-0.4, -0.2) is 115 Å². The molecule has 0 saturated heterocycles. The molecule has 0 unspecified atom stereocenters. The minimum atomic E-state index is -4.96. The predicted octanol–water partition coefficient (Wildman–Crippen LogP) is 3.17. The molecule has 8 aromatic carbocycles. The predicted molar refractivity (Wildman–Crippen MR) is 394 cm³/mol. The van der Waals surface area contributed by atoms with Gasteiger partial charge in [0.2, 0.25) is 0 Å². The minimum Gasteiger partial charge on any atom is -0.744 e. The van der Waals surface area contributed by atoms with Crippen LogP contribution in [-0.2, 0) is 78.6 Å². The number of hydrogen-bond acceptors (Lipinski definition) is 20. The average Bonchev–Trinajstić information content (AvgIpc) is 0.777. The molecule has 0 atom stereocenters. The second kappa shape index (κ2) is 40.7. The maximum absolute atomic E-state index is 12.3. The van der Waals surface area contributed by atoms with Crippen molar-refractivity contribution >= 4 is 100 Å². The third-order valence-electron chi connectivity index (χ3n) is 15.5. The molecule has 4 N–H and O–H groups in total. The maximum Gasteiger partial charge on any atom is 1.00 e. The zero-order valence-corrected chi connectivity index (χ0v) is 70.3. The standard InChI is InChI=1S/C30H30N2O7S2.C30H30N2O6S2.2C7H8O3S.3Na/c1-3-31-24-12-8-22(9-13-24)30(28-17-16-26(33)19-29(28)41(37,38)39)23-10-14-25(15-11-23)32(4-2)20-21-6-5-7-27(18-21)40(34,35)36;1-3-31-25-16-12-23(13-17-25)30(28-10-5-6-11-29(28)40(36,37)38)24-14-18-26(19-15-24)32(4-2)21-22-8-7-9-27(20-22)39(33,34)35;2*1-6-3-2-4-7(5-6)11(8,9)10;;;/h5-19,31H,3-4,20H2,1-2H3,(H,34,35,36)(H,37,38,39);5-20H,3-4,21H2,1-2H3,(H,33,34,35)(H,36,37,38);2*2-5H,1H3,(H,8,9,10);;;/q;;;;3*+1/p-3. The molecule has 106 heavy (non-hydrogen) atoms. The van der Waals surface area contributed by atoms with Gasteiger partial charge in [-0.3, -0.25) is 23.4 Å². The van der Waals surface area contributed by atoms with Crippen LogP contribution in [0.3, 0.4) is 0 Å². The van der Waals surface area contributed by atoms with E-state index in [9.17, 15) is 78.1 Å². The Kier molecular flexibility index (Phi) is 35.3. The van der Waals surface area contributed by atoms with Crippen molar-refractivity contribution < 1.29 is 171 Å². The molecular formula is C74H73N4Na3O19S6. The Bertz CT molecular complexity index is 5310. The first kappa shape index (κ1) is 91.8. The summed E-state index contributed by atoms with van der Waals surface area (Å²) in [4.78, 5) is 19.0. The molecule has 542 valence electrons. The first-order chi connectivity index (χ1) is 48.4. The molecule has 32 heteroatoms. The van der Waals surface area contributed by atoms with Crippen molar-refractivity contribution in [1.29, 1.82) is 0 Å². The van der Waals surface area contributed by atoms with E-state index in [0.29, 0.717) is 71.7 Å². The summed E-state index contributed by atoms with van der Waals surface area (Å²) in [6.07, 6.45) is 10.9. The molecule has 23 nitrogen and oxygen atoms in total. The molecule has 8 aromatic rings. The first-order valence-electron chi connectivity index (χ1n) is 31.5. The fourth-order valence-electron chi connectivity index (χ4n) is 10.7. The molecule has 0 amide bonds. The van der Waals surface area contributed by atoms with Gasteiger partial charge in [-0.25, -0.2) is 25.3 Å². The fraction of sp³-hybridized carbons (Fsp3) is 0.162. The number of aliphatic imine (C=N–C) groups is 1. The second-order valence-electron chi connectivity index (χ2n) is 22.9. The fourth-order valence-corrected chi connectivity index (χ4v) is 14.3. The largest absolute Gasteiger partial charge is 1.00 e. The van der Waals surface area contributed by atoms with E-state index in [2.05, 4.69) is 10.3 Å². The molecule has 0 aliphatic heterocycles. The molecule has 0 aromatic heterocycles. The summed E-state index contributed by atoms with van der Waals surface area (Å²) in [7, 11) is -26.7. The van der Waals surface area contributed by atoms with E-state index in [0.717, 1.165) is 57.7 Å². The van der Waals surface area contributed by atoms with Crippen LogP contribution in [0.15, 0.2) is 282 Å². The number of rotatable bonds is 21. The van der Waals surface area contributed by atoms with E-state index < -0.39 is 71.4 Å². The summed E-state index contributed by atoms with van der Waals surface area (Å²) < 4.78 is 199. The van der Waals surface area contributed by atoms with E-state index in [4.69, 9.17) is 4.55 Å². The van der Waals surface area contributed by atoms with E-state index in [1.165, 1.54) is 66.7 Å². The third-order valence-corrected chi connectivity index (χ3v) is 20.6. The molecular weight excluding hydrogens is 1510 g/mol. The van der Waals surface area contributed by atoms with Crippen molar-refractivity contribution in [2.75, 3.05) is 41.3 Å². The monoisotopic (exact) mass is 1580 g/mol. The van der Waals surface area contributed by atoms with Crippen molar-refractivity contribution in [2.24, 2.45) is 4.99 Å². The molecule has 2 aliphatic carbocycles. The number of benzene rings is 8. The van der Waals surface area contributed by atoms with Crippen LogP contribution in [0.2, 0.25) is 0 Å². The number of ketones is 1. The summed E-state index contributed by atoms with van der Waals surface area (Å²) in [5, 5.41) is 3.20. The average molecular weight is 1580 g/mol. The first-order valence-corrected chi connectivity index (χ1v) is 40.0. The topological polar surface area (TPSA) is 383 Å². The smallest absolute Gasteiger partial charge is 0.744 e. The quantitative estimate of drug-likeness (QED) is 0.0593. The SMILES string of the molecule is CCN=C1C=CC(=C(c2ccc(N(CC)Cc3cccc(S(=O)(=O)[O-])c3)cc2)c2ccccc2S(=O)(=O)O)C=C1.CCNc1ccc(C(=C2C=CC(=O)C=C2S(=O)(=O)[O-])c2ccc(N(CC)Cc3cccc(S(=O)(=O)O)c3)cc2)cc1.Cc1cccc(S(=O)(=O)O)c1.Cc1cccc(S(=O)(=O)[O-])c1.[Na+].[Na+].[Na+]. The molecule has 0 bridgehead atoms. The molecule has 10 rings (SSSR count). The van der Waals surface area contributed by atoms with Gasteiger partial charge in [-0.1, -0.05) is 115 Å². The number of anilines is 3. The van der Waals surface area contributed by atoms with Gasteiger partial charge in [0.1, 0.15) is 35.2 Å². The van der Waals surface area contributed by atoms with Gasteiger partial charge >= 0.3 is 88.7 Å².